The number of aryl methyl sites for hydroxylation is 1. The van der Waals surface area contributed by atoms with E-state index in [2.05, 4.69) is 133 Å². The van der Waals surface area contributed by atoms with Crippen molar-refractivity contribution in [2.45, 2.75) is 110 Å². The summed E-state index contributed by atoms with van der Waals surface area (Å²) in [6, 6.07) is 23.0. The van der Waals surface area contributed by atoms with Gasteiger partial charge in [-0.25, -0.2) is 0 Å². The highest BCUT2D eigenvalue weighted by Crippen LogP contribution is 2.53. The number of nitrogens with zero attached hydrogens (tertiary/aromatic N) is 1. The molecule has 3 heteroatoms. The molecule has 2 aliphatic rings. The SMILES string of the molecule is Cc1cc2c(cc1N(c1cc(Cl)cc3ccccc13)c1csc3cc4c(cc13)C(C)(C)CCC4(C)C)C(C)(C)CCC2(C)C. The lowest BCUT2D eigenvalue weighted by atomic mass is 9.62. The third-order valence-electron chi connectivity index (χ3n) is 11.2. The predicted molar refractivity (Wildman–Crippen MR) is 194 cm³/mol. The summed E-state index contributed by atoms with van der Waals surface area (Å²) in [5.41, 5.74) is 11.5. The number of rotatable bonds is 3. The highest BCUT2D eigenvalue weighted by Gasteiger charge is 2.40. The highest BCUT2D eigenvalue weighted by molar-refractivity contribution is 7.17. The lowest BCUT2D eigenvalue weighted by Crippen LogP contribution is -2.34. The Labute approximate surface area is 273 Å². The van der Waals surface area contributed by atoms with Gasteiger partial charge in [0.2, 0.25) is 0 Å². The molecule has 0 N–H and O–H groups in total. The second kappa shape index (κ2) is 9.84. The van der Waals surface area contributed by atoms with E-state index in [9.17, 15) is 0 Å². The zero-order chi connectivity index (χ0) is 31.4. The molecule has 7 rings (SSSR count). The molecule has 4 aromatic carbocycles. The standard InChI is InChI=1S/C41H46ClNS/c1-25-18-30-32(40(6,7)16-14-38(30,2)3)22-34(25)43(35-20-27(42)19-26-12-10-11-13-28(26)35)36-24-44-37-23-33-31(21-29(36)37)39(4,5)15-17-41(33,8)9/h10-13,18-24H,14-17H2,1-9H3. The number of fused-ring (bicyclic) bond motifs is 4. The van der Waals surface area contributed by atoms with Crippen molar-refractivity contribution in [1.29, 1.82) is 0 Å². The van der Waals surface area contributed by atoms with Crippen LogP contribution >= 0.6 is 22.9 Å². The zero-order valence-electron chi connectivity index (χ0n) is 27.9. The minimum atomic E-state index is 0.112. The molecule has 228 valence electrons. The van der Waals surface area contributed by atoms with Gasteiger partial charge in [-0.3, -0.25) is 0 Å². The van der Waals surface area contributed by atoms with Crippen molar-refractivity contribution in [2.75, 3.05) is 4.90 Å². The summed E-state index contributed by atoms with van der Waals surface area (Å²) >= 11 is 8.79. The largest absolute Gasteiger partial charge is 0.308 e. The van der Waals surface area contributed by atoms with E-state index in [-0.39, 0.29) is 21.7 Å². The number of thiophene rings is 1. The van der Waals surface area contributed by atoms with Gasteiger partial charge in [-0.1, -0.05) is 97.3 Å². The highest BCUT2D eigenvalue weighted by atomic mass is 35.5. The first-order chi connectivity index (χ1) is 20.6. The third kappa shape index (κ3) is 4.62. The van der Waals surface area contributed by atoms with Gasteiger partial charge in [-0.2, -0.15) is 0 Å². The maximum absolute atomic E-state index is 6.91. The second-order valence-corrected chi connectivity index (χ2v) is 17.6. The molecule has 0 aliphatic heterocycles. The molecule has 44 heavy (non-hydrogen) atoms. The van der Waals surface area contributed by atoms with Crippen LogP contribution < -0.4 is 4.90 Å². The molecule has 0 saturated heterocycles. The van der Waals surface area contributed by atoms with Crippen molar-refractivity contribution in [1.82, 2.24) is 0 Å². The van der Waals surface area contributed by atoms with E-state index in [4.69, 9.17) is 11.6 Å². The maximum Gasteiger partial charge on any atom is 0.0647 e. The number of anilines is 3. The van der Waals surface area contributed by atoms with Crippen LogP contribution in [0.15, 0.2) is 66.0 Å². The normalized spacial score (nSPS) is 19.5. The fraction of sp³-hybridized carbons (Fsp3) is 0.415. The van der Waals surface area contributed by atoms with E-state index >= 15 is 0 Å². The summed E-state index contributed by atoms with van der Waals surface area (Å²) in [5.74, 6) is 0. The van der Waals surface area contributed by atoms with Crippen molar-refractivity contribution in [3.05, 3.63) is 98.9 Å². The van der Waals surface area contributed by atoms with Gasteiger partial charge in [0, 0.05) is 31.6 Å². The number of hydrogen-bond acceptors (Lipinski definition) is 2. The van der Waals surface area contributed by atoms with Crippen LogP contribution in [-0.4, -0.2) is 0 Å². The Balaban J connectivity index is 1.56. The zero-order valence-corrected chi connectivity index (χ0v) is 29.5. The average molecular weight is 620 g/mol. The molecule has 0 fully saturated rings. The Morgan fingerprint density at radius 3 is 1.77 bits per heavy atom. The molecule has 1 nitrogen and oxygen atoms in total. The Kier molecular flexibility index (Phi) is 6.68. The summed E-state index contributed by atoms with van der Waals surface area (Å²) in [6.45, 7) is 21.7. The van der Waals surface area contributed by atoms with Crippen molar-refractivity contribution < 1.29 is 0 Å². The molecule has 0 bridgehead atoms. The van der Waals surface area contributed by atoms with Crippen LogP contribution in [0.3, 0.4) is 0 Å². The van der Waals surface area contributed by atoms with E-state index in [1.54, 1.807) is 0 Å². The van der Waals surface area contributed by atoms with Gasteiger partial charge in [0.1, 0.15) is 0 Å². The van der Waals surface area contributed by atoms with Crippen molar-refractivity contribution >= 4 is 60.9 Å². The van der Waals surface area contributed by atoms with Crippen LogP contribution in [0.4, 0.5) is 17.1 Å². The third-order valence-corrected chi connectivity index (χ3v) is 12.4. The van der Waals surface area contributed by atoms with Gasteiger partial charge in [0.15, 0.2) is 0 Å². The van der Waals surface area contributed by atoms with Gasteiger partial charge in [-0.05, 0) is 118 Å². The summed E-state index contributed by atoms with van der Waals surface area (Å²) < 4.78 is 1.36. The quantitative estimate of drug-likeness (QED) is 0.194. The Morgan fingerprint density at radius 2 is 1.14 bits per heavy atom. The fourth-order valence-corrected chi connectivity index (χ4v) is 9.20. The minimum Gasteiger partial charge on any atom is -0.308 e. The molecular formula is C41H46ClNS. The van der Waals surface area contributed by atoms with E-state index in [0.29, 0.717) is 0 Å². The van der Waals surface area contributed by atoms with Crippen molar-refractivity contribution in [3.8, 4) is 0 Å². The Bertz CT molecular complexity index is 1950. The average Bonchev–Trinajstić information content (AvgIpc) is 3.37. The molecule has 0 radical (unpaired) electrons. The number of benzene rings is 4. The molecule has 1 heterocycles. The summed E-state index contributed by atoms with van der Waals surface area (Å²) in [7, 11) is 0. The summed E-state index contributed by atoms with van der Waals surface area (Å²) in [6.07, 6.45) is 4.82. The second-order valence-electron chi connectivity index (χ2n) is 16.2. The monoisotopic (exact) mass is 619 g/mol. The molecule has 2 aliphatic carbocycles. The first kappa shape index (κ1) is 29.9. The van der Waals surface area contributed by atoms with Crippen LogP contribution in [0, 0.1) is 6.92 Å². The smallest absolute Gasteiger partial charge is 0.0647 e. The van der Waals surface area contributed by atoms with Crippen LogP contribution in [-0.2, 0) is 21.7 Å². The van der Waals surface area contributed by atoms with Gasteiger partial charge < -0.3 is 4.90 Å². The summed E-state index contributed by atoms with van der Waals surface area (Å²) in [5, 5.41) is 6.87. The van der Waals surface area contributed by atoms with Crippen LogP contribution in [0.2, 0.25) is 5.02 Å². The molecular weight excluding hydrogens is 574 g/mol. The number of halogens is 1. The molecule has 0 spiro atoms. The van der Waals surface area contributed by atoms with E-state index in [1.807, 2.05) is 11.3 Å². The van der Waals surface area contributed by atoms with Crippen LogP contribution in [0.5, 0.6) is 0 Å². The van der Waals surface area contributed by atoms with Gasteiger partial charge in [0.05, 0.1) is 11.4 Å². The maximum atomic E-state index is 6.91. The first-order valence-electron chi connectivity index (χ1n) is 16.3. The Hall–Kier alpha value is -2.81. The van der Waals surface area contributed by atoms with E-state index in [1.165, 1.54) is 80.3 Å². The predicted octanol–water partition coefficient (Wildman–Crippen LogP) is 13.2. The van der Waals surface area contributed by atoms with Gasteiger partial charge >= 0.3 is 0 Å². The molecule has 0 amide bonds. The lowest BCUT2D eigenvalue weighted by Gasteiger charge is -2.43. The molecule has 5 aromatic rings. The first-order valence-corrected chi connectivity index (χ1v) is 17.6. The van der Waals surface area contributed by atoms with E-state index in [0.717, 1.165) is 16.1 Å². The Morgan fingerprint density at radius 1 is 0.591 bits per heavy atom. The van der Waals surface area contributed by atoms with Crippen LogP contribution in [0.25, 0.3) is 20.9 Å². The molecule has 1 aromatic heterocycles. The van der Waals surface area contributed by atoms with Crippen molar-refractivity contribution in [2.24, 2.45) is 0 Å². The number of hydrogen-bond donors (Lipinski definition) is 0. The van der Waals surface area contributed by atoms with E-state index < -0.39 is 0 Å². The fourth-order valence-electron chi connectivity index (χ4n) is 8.03. The van der Waals surface area contributed by atoms with Gasteiger partial charge in [0.25, 0.3) is 0 Å². The lowest BCUT2D eigenvalue weighted by molar-refractivity contribution is 0.332. The van der Waals surface area contributed by atoms with Gasteiger partial charge in [-0.15, -0.1) is 11.3 Å². The van der Waals surface area contributed by atoms with Crippen molar-refractivity contribution in [3.63, 3.8) is 0 Å². The topological polar surface area (TPSA) is 3.24 Å². The molecule has 0 atom stereocenters. The molecule has 0 unspecified atom stereocenters. The molecule has 0 saturated carbocycles. The summed E-state index contributed by atoms with van der Waals surface area (Å²) in [4.78, 5) is 2.54. The minimum absolute atomic E-state index is 0.112. The van der Waals surface area contributed by atoms with Crippen LogP contribution in [0.1, 0.15) is 109 Å².